The SMILES string of the molecule is Cc1ccc(C2=NN3[C@H](C2)c2cc(Cl)ccc2O[C@H]3c2ccncc2)o1. The molecule has 0 N–H and O–H groups in total. The van der Waals surface area contributed by atoms with Gasteiger partial charge < -0.3 is 9.15 Å². The monoisotopic (exact) mass is 365 g/mol. The molecule has 2 aliphatic heterocycles. The molecule has 4 heterocycles. The van der Waals surface area contributed by atoms with Crippen LogP contribution in [0.5, 0.6) is 5.75 Å². The second-order valence-electron chi connectivity index (χ2n) is 6.49. The van der Waals surface area contributed by atoms with Crippen molar-refractivity contribution in [3.63, 3.8) is 0 Å². The Labute approximate surface area is 155 Å². The van der Waals surface area contributed by atoms with E-state index in [9.17, 15) is 0 Å². The first-order valence-electron chi connectivity index (χ1n) is 8.48. The molecule has 2 aromatic heterocycles. The Hall–Kier alpha value is -2.79. The lowest BCUT2D eigenvalue weighted by molar-refractivity contribution is -0.0190. The quantitative estimate of drug-likeness (QED) is 0.649. The molecule has 6 heteroatoms. The first-order chi connectivity index (χ1) is 12.7. The van der Waals surface area contributed by atoms with Crippen molar-refractivity contribution in [2.45, 2.75) is 25.6 Å². The minimum absolute atomic E-state index is 0.0519. The molecule has 1 aromatic carbocycles. The van der Waals surface area contributed by atoms with Gasteiger partial charge in [0, 0.05) is 35.0 Å². The van der Waals surface area contributed by atoms with Crippen LogP contribution in [0.15, 0.2) is 64.4 Å². The van der Waals surface area contributed by atoms with Gasteiger partial charge in [-0.1, -0.05) is 11.6 Å². The van der Waals surface area contributed by atoms with Crippen molar-refractivity contribution in [1.29, 1.82) is 0 Å². The van der Waals surface area contributed by atoms with Crippen LogP contribution in [0.2, 0.25) is 5.02 Å². The number of hydrazone groups is 1. The summed E-state index contributed by atoms with van der Waals surface area (Å²) in [5.74, 6) is 2.51. The summed E-state index contributed by atoms with van der Waals surface area (Å²) in [6.45, 7) is 1.93. The first kappa shape index (κ1) is 15.5. The first-order valence-corrected chi connectivity index (χ1v) is 8.85. The van der Waals surface area contributed by atoms with Crippen LogP contribution in [0.25, 0.3) is 0 Å². The van der Waals surface area contributed by atoms with Gasteiger partial charge in [0.2, 0.25) is 6.23 Å². The number of hydrogen-bond acceptors (Lipinski definition) is 5. The van der Waals surface area contributed by atoms with Crippen LogP contribution in [0.4, 0.5) is 0 Å². The molecule has 3 aromatic rings. The summed E-state index contributed by atoms with van der Waals surface area (Å²) in [4.78, 5) is 4.10. The maximum atomic E-state index is 6.28. The van der Waals surface area contributed by atoms with Crippen molar-refractivity contribution in [3.05, 3.63) is 82.5 Å². The standard InChI is InChI=1S/C20H16ClN3O2/c1-12-2-4-19(25-12)16-11-17-15-10-14(21)3-5-18(15)26-20(24(17)23-16)13-6-8-22-9-7-13/h2-10,17,20H,11H2,1H3/t17-,20+/m1/s1. The van der Waals surface area contributed by atoms with E-state index in [0.717, 1.165) is 40.5 Å². The minimum atomic E-state index is -0.315. The van der Waals surface area contributed by atoms with Crippen molar-refractivity contribution in [1.82, 2.24) is 9.99 Å². The molecule has 0 spiro atoms. The number of aromatic nitrogens is 1. The topological polar surface area (TPSA) is 50.9 Å². The molecule has 5 rings (SSSR count). The highest BCUT2D eigenvalue weighted by Crippen LogP contribution is 2.48. The third-order valence-electron chi connectivity index (χ3n) is 4.77. The normalized spacial score (nSPS) is 21.0. The van der Waals surface area contributed by atoms with Crippen LogP contribution >= 0.6 is 11.6 Å². The van der Waals surface area contributed by atoms with Crippen molar-refractivity contribution in [2.24, 2.45) is 5.10 Å². The molecule has 0 saturated carbocycles. The number of halogens is 1. The summed E-state index contributed by atoms with van der Waals surface area (Å²) >= 11 is 6.24. The van der Waals surface area contributed by atoms with Gasteiger partial charge >= 0.3 is 0 Å². The largest absolute Gasteiger partial charge is 0.464 e. The molecule has 0 radical (unpaired) electrons. The smallest absolute Gasteiger partial charge is 0.213 e. The van der Waals surface area contributed by atoms with E-state index in [0.29, 0.717) is 5.02 Å². The minimum Gasteiger partial charge on any atom is -0.464 e. The van der Waals surface area contributed by atoms with Crippen molar-refractivity contribution in [2.75, 3.05) is 0 Å². The summed E-state index contributed by atoms with van der Waals surface area (Å²) in [6, 6.07) is 13.6. The molecule has 0 saturated heterocycles. The molecule has 0 amide bonds. The van der Waals surface area contributed by atoms with E-state index < -0.39 is 0 Å². The lowest BCUT2D eigenvalue weighted by atomic mass is 9.97. The molecule has 5 nitrogen and oxygen atoms in total. The highest BCUT2D eigenvalue weighted by Gasteiger charge is 2.41. The maximum Gasteiger partial charge on any atom is 0.213 e. The van der Waals surface area contributed by atoms with E-state index in [-0.39, 0.29) is 12.3 Å². The zero-order chi connectivity index (χ0) is 17.7. The van der Waals surface area contributed by atoms with Crippen LogP contribution in [-0.4, -0.2) is 15.7 Å². The summed E-state index contributed by atoms with van der Waals surface area (Å²) < 4.78 is 12.1. The fourth-order valence-corrected chi connectivity index (χ4v) is 3.73. The molecule has 2 atom stereocenters. The number of fused-ring (bicyclic) bond motifs is 3. The van der Waals surface area contributed by atoms with Crippen LogP contribution in [0, 0.1) is 6.92 Å². The van der Waals surface area contributed by atoms with Crippen molar-refractivity contribution >= 4 is 17.3 Å². The molecule has 2 aliphatic rings. The molecule has 26 heavy (non-hydrogen) atoms. The van der Waals surface area contributed by atoms with E-state index in [1.165, 1.54) is 0 Å². The highest BCUT2D eigenvalue weighted by molar-refractivity contribution is 6.30. The highest BCUT2D eigenvalue weighted by atomic mass is 35.5. The number of ether oxygens (including phenoxy) is 1. The van der Waals surface area contributed by atoms with Gasteiger partial charge in [0.25, 0.3) is 0 Å². The number of pyridine rings is 1. The van der Waals surface area contributed by atoms with E-state index >= 15 is 0 Å². The fourth-order valence-electron chi connectivity index (χ4n) is 3.54. The number of nitrogens with zero attached hydrogens (tertiary/aromatic N) is 3. The lowest BCUT2D eigenvalue weighted by Crippen LogP contribution is -2.33. The van der Waals surface area contributed by atoms with Gasteiger partial charge in [-0.25, -0.2) is 5.01 Å². The second-order valence-corrected chi connectivity index (χ2v) is 6.93. The third-order valence-corrected chi connectivity index (χ3v) is 5.00. The molecule has 0 unspecified atom stereocenters. The van der Waals surface area contributed by atoms with Gasteiger partial charge in [-0.05, 0) is 49.4 Å². The number of benzene rings is 1. The van der Waals surface area contributed by atoms with Crippen LogP contribution < -0.4 is 4.74 Å². The van der Waals surface area contributed by atoms with E-state index in [1.807, 2.05) is 54.4 Å². The number of hydrogen-bond donors (Lipinski definition) is 0. The van der Waals surface area contributed by atoms with Gasteiger partial charge in [-0.3, -0.25) is 4.98 Å². The fraction of sp³-hybridized carbons (Fsp3) is 0.200. The molecule has 0 bridgehead atoms. The second kappa shape index (κ2) is 5.88. The summed E-state index contributed by atoms with van der Waals surface area (Å²) in [5, 5.41) is 7.54. The van der Waals surface area contributed by atoms with Crippen LogP contribution in [-0.2, 0) is 0 Å². The Kier molecular flexibility index (Phi) is 3.50. The van der Waals surface area contributed by atoms with Crippen LogP contribution in [0.1, 0.15) is 41.3 Å². The van der Waals surface area contributed by atoms with Gasteiger partial charge in [0.1, 0.15) is 23.0 Å². The molecular formula is C20H16ClN3O2. The lowest BCUT2D eigenvalue weighted by Gasteiger charge is -2.38. The predicted molar refractivity (Wildman–Crippen MR) is 98.2 cm³/mol. The molecule has 0 aliphatic carbocycles. The number of rotatable bonds is 2. The summed E-state index contributed by atoms with van der Waals surface area (Å²) in [5.41, 5.74) is 2.97. The summed E-state index contributed by atoms with van der Waals surface area (Å²) in [6.07, 6.45) is 3.96. The number of furan rings is 1. The van der Waals surface area contributed by atoms with E-state index in [2.05, 4.69) is 4.98 Å². The van der Waals surface area contributed by atoms with Gasteiger partial charge in [0.05, 0.1) is 6.04 Å². The predicted octanol–water partition coefficient (Wildman–Crippen LogP) is 4.88. The zero-order valence-electron chi connectivity index (χ0n) is 14.1. The van der Waals surface area contributed by atoms with Gasteiger partial charge in [0.15, 0.2) is 0 Å². The molecule has 0 fully saturated rings. The molecular weight excluding hydrogens is 350 g/mol. The average Bonchev–Trinajstić information content (AvgIpc) is 3.28. The Morgan fingerprint density at radius 2 is 1.96 bits per heavy atom. The maximum absolute atomic E-state index is 6.28. The third kappa shape index (κ3) is 2.47. The number of aryl methyl sites for hydroxylation is 1. The van der Waals surface area contributed by atoms with E-state index in [4.69, 9.17) is 25.9 Å². The Morgan fingerprint density at radius 3 is 2.73 bits per heavy atom. The van der Waals surface area contributed by atoms with Crippen molar-refractivity contribution in [3.8, 4) is 5.75 Å². The average molecular weight is 366 g/mol. The Bertz CT molecular complexity index is 999. The van der Waals surface area contributed by atoms with Gasteiger partial charge in [-0.15, -0.1) is 0 Å². The summed E-state index contributed by atoms with van der Waals surface area (Å²) in [7, 11) is 0. The Morgan fingerprint density at radius 1 is 1.12 bits per heavy atom. The van der Waals surface area contributed by atoms with Crippen LogP contribution in [0.3, 0.4) is 0 Å². The van der Waals surface area contributed by atoms with Gasteiger partial charge in [-0.2, -0.15) is 5.10 Å². The van der Waals surface area contributed by atoms with E-state index in [1.54, 1.807) is 12.4 Å². The Balaban J connectivity index is 1.61. The molecule has 130 valence electrons. The van der Waals surface area contributed by atoms with Crippen molar-refractivity contribution < 1.29 is 9.15 Å². The zero-order valence-corrected chi connectivity index (χ0v) is 14.8.